The lowest BCUT2D eigenvalue weighted by Gasteiger charge is -2.09. The first kappa shape index (κ1) is 17.9. The van der Waals surface area contributed by atoms with Gasteiger partial charge in [0.15, 0.2) is 5.82 Å². The number of fused-ring (bicyclic) bond motifs is 4. The fraction of sp³-hybridized carbons (Fsp3) is 0.261. The van der Waals surface area contributed by atoms with Gasteiger partial charge in [0.1, 0.15) is 22.2 Å². The molecule has 0 atom stereocenters. The van der Waals surface area contributed by atoms with Crippen LogP contribution in [0, 0.1) is 11.3 Å². The summed E-state index contributed by atoms with van der Waals surface area (Å²) in [5.41, 5.74) is 2.98. The lowest BCUT2D eigenvalue weighted by atomic mass is 9.97. The third-order valence-electron chi connectivity index (χ3n) is 5.52. The molecule has 29 heavy (non-hydrogen) atoms. The van der Waals surface area contributed by atoms with E-state index in [0.29, 0.717) is 23.2 Å². The van der Waals surface area contributed by atoms with Crippen molar-refractivity contribution in [2.24, 2.45) is 0 Å². The third-order valence-corrected chi connectivity index (χ3v) is 6.71. The van der Waals surface area contributed by atoms with Crippen molar-refractivity contribution >= 4 is 44.2 Å². The van der Waals surface area contributed by atoms with Crippen LogP contribution in [0.15, 0.2) is 33.5 Å². The number of hydrogen-bond donors (Lipinski definition) is 1. The summed E-state index contributed by atoms with van der Waals surface area (Å²) in [5.74, 6) is 1.13. The molecule has 6 heteroatoms. The van der Waals surface area contributed by atoms with Crippen molar-refractivity contribution in [2.45, 2.75) is 39.0 Å². The summed E-state index contributed by atoms with van der Waals surface area (Å²) in [7, 11) is 0. The zero-order valence-corrected chi connectivity index (χ0v) is 16.9. The average Bonchev–Trinajstić information content (AvgIpc) is 3.29. The van der Waals surface area contributed by atoms with Gasteiger partial charge < -0.3 is 9.40 Å². The molecule has 1 aromatic carbocycles. The van der Waals surface area contributed by atoms with E-state index in [1.54, 1.807) is 17.4 Å². The van der Waals surface area contributed by atoms with Gasteiger partial charge in [0, 0.05) is 22.2 Å². The monoisotopic (exact) mass is 401 g/mol. The van der Waals surface area contributed by atoms with Gasteiger partial charge in [-0.1, -0.05) is 25.1 Å². The van der Waals surface area contributed by atoms with E-state index < -0.39 is 0 Å². The van der Waals surface area contributed by atoms with Crippen LogP contribution in [0.1, 0.15) is 47.4 Å². The van der Waals surface area contributed by atoms with Crippen LogP contribution >= 0.6 is 11.3 Å². The van der Waals surface area contributed by atoms with Gasteiger partial charge in [-0.3, -0.25) is 4.79 Å². The van der Waals surface area contributed by atoms with Crippen molar-refractivity contribution in [1.29, 1.82) is 5.26 Å². The first-order chi connectivity index (χ1) is 14.2. The summed E-state index contributed by atoms with van der Waals surface area (Å²) in [6, 6.07) is 9.99. The van der Waals surface area contributed by atoms with Gasteiger partial charge in [-0.25, -0.2) is 4.98 Å². The van der Waals surface area contributed by atoms with E-state index >= 15 is 0 Å². The van der Waals surface area contributed by atoms with E-state index in [1.165, 1.54) is 4.88 Å². The van der Waals surface area contributed by atoms with Gasteiger partial charge in [-0.15, -0.1) is 11.3 Å². The fourth-order valence-corrected chi connectivity index (χ4v) is 5.39. The van der Waals surface area contributed by atoms with Crippen LogP contribution in [0.3, 0.4) is 0 Å². The number of aromatic amines is 1. The van der Waals surface area contributed by atoms with E-state index in [1.807, 2.05) is 31.2 Å². The number of rotatable bonds is 3. The first-order valence-electron chi connectivity index (χ1n) is 9.86. The SMILES string of the molecule is CCc1oc2ccccc2c1/C=C(\C#N)c1nc2sc3c(c2c(=O)[nH]1)CCCC3. The van der Waals surface area contributed by atoms with Gasteiger partial charge in [0.2, 0.25) is 0 Å². The lowest BCUT2D eigenvalue weighted by molar-refractivity contribution is 0.556. The van der Waals surface area contributed by atoms with Crippen molar-refractivity contribution in [2.75, 3.05) is 0 Å². The molecule has 0 saturated heterocycles. The second kappa shape index (κ2) is 7.02. The van der Waals surface area contributed by atoms with Crippen LogP contribution in [-0.4, -0.2) is 9.97 Å². The van der Waals surface area contributed by atoms with Crippen molar-refractivity contribution < 1.29 is 4.42 Å². The molecular weight excluding hydrogens is 382 g/mol. The number of H-pyrrole nitrogens is 1. The van der Waals surface area contributed by atoms with Gasteiger partial charge >= 0.3 is 0 Å². The van der Waals surface area contributed by atoms with Crippen molar-refractivity contribution in [3.05, 3.63) is 62.2 Å². The first-order valence-corrected chi connectivity index (χ1v) is 10.7. The molecule has 1 aliphatic carbocycles. The number of allylic oxidation sites excluding steroid dienone is 1. The standard InChI is InChI=1S/C23H19N3O2S/c1-2-17-16(14-7-3-5-9-18(14)28-17)11-13(12-24)21-25-22(27)20-15-8-4-6-10-19(15)29-23(20)26-21/h3,5,7,9,11H,2,4,6,8,10H2,1H3,(H,25,26,27)/b13-11+. The Kier molecular flexibility index (Phi) is 4.33. The minimum Gasteiger partial charge on any atom is -0.460 e. The van der Waals surface area contributed by atoms with E-state index in [2.05, 4.69) is 16.0 Å². The largest absolute Gasteiger partial charge is 0.460 e. The Labute approximate surface area is 171 Å². The molecule has 3 aromatic heterocycles. The molecule has 0 bridgehead atoms. The number of nitriles is 1. The average molecular weight is 401 g/mol. The predicted molar refractivity (Wildman–Crippen MR) is 116 cm³/mol. The molecule has 0 aliphatic heterocycles. The minimum absolute atomic E-state index is 0.154. The Morgan fingerprint density at radius 2 is 2.17 bits per heavy atom. The summed E-state index contributed by atoms with van der Waals surface area (Å²) < 4.78 is 5.93. The molecule has 4 aromatic rings. The van der Waals surface area contributed by atoms with Crippen LogP contribution in [0.4, 0.5) is 0 Å². The molecule has 0 amide bonds. The Bertz CT molecular complexity index is 1380. The van der Waals surface area contributed by atoms with Crippen molar-refractivity contribution in [3.8, 4) is 6.07 Å². The number of benzene rings is 1. The highest BCUT2D eigenvalue weighted by molar-refractivity contribution is 7.18. The highest BCUT2D eigenvalue weighted by Gasteiger charge is 2.21. The van der Waals surface area contributed by atoms with Gasteiger partial charge in [0.05, 0.1) is 11.0 Å². The van der Waals surface area contributed by atoms with Gasteiger partial charge in [-0.05, 0) is 43.4 Å². The zero-order chi connectivity index (χ0) is 20.0. The number of nitrogens with zero attached hydrogens (tertiary/aromatic N) is 2. The number of aryl methyl sites for hydroxylation is 3. The summed E-state index contributed by atoms with van der Waals surface area (Å²) in [6.45, 7) is 2.02. The van der Waals surface area contributed by atoms with E-state index in [9.17, 15) is 10.1 Å². The smallest absolute Gasteiger partial charge is 0.260 e. The number of furan rings is 1. The molecule has 0 radical (unpaired) electrons. The second-order valence-corrected chi connectivity index (χ2v) is 8.35. The molecule has 1 N–H and O–H groups in total. The number of para-hydroxylation sites is 1. The highest BCUT2D eigenvalue weighted by Crippen LogP contribution is 2.34. The van der Waals surface area contributed by atoms with Crippen molar-refractivity contribution in [1.82, 2.24) is 9.97 Å². The van der Waals surface area contributed by atoms with Gasteiger partial charge in [0.25, 0.3) is 5.56 Å². The van der Waals surface area contributed by atoms with E-state index in [-0.39, 0.29) is 5.56 Å². The third kappa shape index (κ3) is 2.90. The highest BCUT2D eigenvalue weighted by atomic mass is 32.1. The molecule has 3 heterocycles. The Hall–Kier alpha value is -3.17. The number of aromatic nitrogens is 2. The molecule has 0 saturated carbocycles. The second-order valence-electron chi connectivity index (χ2n) is 7.26. The molecule has 0 fully saturated rings. The van der Waals surface area contributed by atoms with Crippen LogP contribution < -0.4 is 5.56 Å². The number of hydrogen-bond acceptors (Lipinski definition) is 5. The maximum absolute atomic E-state index is 12.8. The molecule has 5 nitrogen and oxygen atoms in total. The predicted octanol–water partition coefficient (Wildman–Crippen LogP) is 5.24. The van der Waals surface area contributed by atoms with Crippen LogP contribution in [0.25, 0.3) is 32.8 Å². The zero-order valence-electron chi connectivity index (χ0n) is 16.0. The number of thiophene rings is 1. The maximum Gasteiger partial charge on any atom is 0.260 e. The molecule has 0 spiro atoms. The number of nitrogens with one attached hydrogen (secondary N) is 1. The van der Waals surface area contributed by atoms with Crippen molar-refractivity contribution in [3.63, 3.8) is 0 Å². The minimum atomic E-state index is -0.154. The topological polar surface area (TPSA) is 82.7 Å². The Balaban J connectivity index is 1.69. The molecule has 1 aliphatic rings. The summed E-state index contributed by atoms with van der Waals surface area (Å²) in [5, 5.41) is 11.5. The Morgan fingerprint density at radius 1 is 1.34 bits per heavy atom. The molecular formula is C23H19N3O2S. The molecule has 5 rings (SSSR count). The fourth-order valence-electron chi connectivity index (χ4n) is 4.13. The summed E-state index contributed by atoms with van der Waals surface area (Å²) >= 11 is 1.59. The van der Waals surface area contributed by atoms with Crippen LogP contribution in [0.2, 0.25) is 0 Å². The van der Waals surface area contributed by atoms with Crippen LogP contribution in [-0.2, 0) is 19.3 Å². The van der Waals surface area contributed by atoms with Crippen LogP contribution in [0.5, 0.6) is 0 Å². The summed E-state index contributed by atoms with van der Waals surface area (Å²) in [6.07, 6.45) is 6.69. The summed E-state index contributed by atoms with van der Waals surface area (Å²) in [4.78, 5) is 22.4. The van der Waals surface area contributed by atoms with E-state index in [0.717, 1.165) is 58.4 Å². The lowest BCUT2D eigenvalue weighted by Crippen LogP contribution is -2.12. The molecule has 0 unspecified atom stereocenters. The molecule has 144 valence electrons. The van der Waals surface area contributed by atoms with E-state index in [4.69, 9.17) is 4.42 Å². The van der Waals surface area contributed by atoms with Gasteiger partial charge in [-0.2, -0.15) is 5.26 Å². The Morgan fingerprint density at radius 3 is 3.00 bits per heavy atom. The normalized spacial score (nSPS) is 14.3. The quantitative estimate of drug-likeness (QED) is 0.476. The maximum atomic E-state index is 12.8.